The van der Waals surface area contributed by atoms with Gasteiger partial charge in [0.2, 0.25) is 0 Å². The molecular formula is C11H17F4N3O. The molecule has 2 N–H and O–H groups in total. The quantitative estimate of drug-likeness (QED) is 0.540. The summed E-state index contributed by atoms with van der Waals surface area (Å²) >= 11 is 0. The third kappa shape index (κ3) is 5.56. The highest BCUT2D eigenvalue weighted by atomic mass is 19.3. The number of aromatic amines is 1. The average Bonchev–Trinajstić information content (AvgIpc) is 2.77. The largest absolute Gasteiger partial charge is 0.367 e. The standard InChI is InChI=1S/C11H17F4N3O/c1-2-3-16-4-8-5-17-9(18-8)6-19-7-11(14,15)10(12)13/h5,10,16H,2-4,6-7H2,1H3,(H,17,18). The lowest BCUT2D eigenvalue weighted by atomic mass is 10.4. The smallest absolute Gasteiger partial charge is 0.330 e. The number of rotatable bonds is 9. The second-order valence-corrected chi connectivity index (χ2v) is 4.09. The normalized spacial score (nSPS) is 12.3. The van der Waals surface area contributed by atoms with E-state index in [1.54, 1.807) is 6.20 Å². The number of hydrogen-bond donors (Lipinski definition) is 2. The molecule has 0 bridgehead atoms. The summed E-state index contributed by atoms with van der Waals surface area (Å²) in [6.07, 6.45) is -1.18. The predicted molar refractivity (Wildman–Crippen MR) is 61.2 cm³/mol. The van der Waals surface area contributed by atoms with E-state index in [0.717, 1.165) is 18.7 Å². The van der Waals surface area contributed by atoms with Crippen LogP contribution in [0.25, 0.3) is 0 Å². The number of imidazole rings is 1. The zero-order valence-corrected chi connectivity index (χ0v) is 10.6. The minimum Gasteiger partial charge on any atom is -0.367 e. The molecule has 4 nitrogen and oxygen atoms in total. The van der Waals surface area contributed by atoms with Crippen molar-refractivity contribution in [2.24, 2.45) is 0 Å². The minimum absolute atomic E-state index is 0.254. The van der Waals surface area contributed by atoms with E-state index >= 15 is 0 Å². The Labute approximate surface area is 108 Å². The Morgan fingerprint density at radius 2 is 2.21 bits per heavy atom. The zero-order valence-electron chi connectivity index (χ0n) is 10.6. The fourth-order valence-electron chi connectivity index (χ4n) is 1.32. The van der Waals surface area contributed by atoms with Crippen molar-refractivity contribution in [2.75, 3.05) is 13.2 Å². The van der Waals surface area contributed by atoms with Gasteiger partial charge in [0.25, 0.3) is 0 Å². The molecule has 1 heterocycles. The van der Waals surface area contributed by atoms with Gasteiger partial charge in [-0.2, -0.15) is 8.78 Å². The maximum atomic E-state index is 12.5. The highest BCUT2D eigenvalue weighted by Gasteiger charge is 2.40. The zero-order chi connectivity index (χ0) is 14.3. The van der Waals surface area contributed by atoms with Gasteiger partial charge in [-0.25, -0.2) is 13.8 Å². The first-order valence-corrected chi connectivity index (χ1v) is 5.93. The van der Waals surface area contributed by atoms with E-state index in [4.69, 9.17) is 0 Å². The summed E-state index contributed by atoms with van der Waals surface area (Å²) < 4.78 is 53.3. The molecule has 0 aliphatic heterocycles. The van der Waals surface area contributed by atoms with Crippen molar-refractivity contribution in [1.29, 1.82) is 0 Å². The molecule has 0 unspecified atom stereocenters. The number of hydrogen-bond acceptors (Lipinski definition) is 3. The molecule has 1 aromatic heterocycles. The number of alkyl halides is 4. The number of H-pyrrole nitrogens is 1. The minimum atomic E-state index is -4.13. The third-order valence-electron chi connectivity index (χ3n) is 2.28. The molecule has 0 spiro atoms. The summed E-state index contributed by atoms with van der Waals surface area (Å²) in [6, 6.07) is 0. The van der Waals surface area contributed by atoms with Crippen LogP contribution in [-0.2, 0) is 17.9 Å². The van der Waals surface area contributed by atoms with Crippen LogP contribution >= 0.6 is 0 Å². The molecule has 0 atom stereocenters. The SMILES string of the molecule is CCCNCc1cnc(COCC(F)(F)C(F)F)[nH]1. The summed E-state index contributed by atoms with van der Waals surface area (Å²) in [6.45, 7) is 1.88. The first-order valence-electron chi connectivity index (χ1n) is 5.93. The van der Waals surface area contributed by atoms with Crippen LogP contribution in [0.3, 0.4) is 0 Å². The van der Waals surface area contributed by atoms with Crippen LogP contribution in [0.4, 0.5) is 17.6 Å². The monoisotopic (exact) mass is 283 g/mol. The lowest BCUT2D eigenvalue weighted by Crippen LogP contribution is -2.32. The van der Waals surface area contributed by atoms with E-state index in [1.807, 2.05) is 6.92 Å². The maximum absolute atomic E-state index is 12.5. The van der Waals surface area contributed by atoms with Gasteiger partial charge in [-0.15, -0.1) is 0 Å². The van der Waals surface area contributed by atoms with Gasteiger partial charge < -0.3 is 15.0 Å². The molecule has 8 heteroatoms. The number of nitrogens with one attached hydrogen (secondary N) is 2. The number of aromatic nitrogens is 2. The van der Waals surface area contributed by atoms with Gasteiger partial charge in [0.15, 0.2) is 0 Å². The van der Waals surface area contributed by atoms with E-state index in [0.29, 0.717) is 12.4 Å². The Morgan fingerprint density at radius 1 is 1.47 bits per heavy atom. The lowest BCUT2D eigenvalue weighted by Gasteiger charge is -2.14. The van der Waals surface area contributed by atoms with Crippen LogP contribution in [0.15, 0.2) is 6.20 Å². The van der Waals surface area contributed by atoms with Crippen molar-refractivity contribution in [1.82, 2.24) is 15.3 Å². The molecule has 0 aliphatic rings. The van der Waals surface area contributed by atoms with Gasteiger partial charge in [0.05, 0.1) is 0 Å². The molecule has 1 aromatic rings. The van der Waals surface area contributed by atoms with E-state index in [1.165, 1.54) is 0 Å². The summed E-state index contributed by atoms with van der Waals surface area (Å²) in [4.78, 5) is 6.76. The maximum Gasteiger partial charge on any atom is 0.330 e. The van der Waals surface area contributed by atoms with Crippen molar-refractivity contribution in [3.63, 3.8) is 0 Å². The van der Waals surface area contributed by atoms with Crippen molar-refractivity contribution >= 4 is 0 Å². The second kappa shape index (κ2) is 7.44. The topological polar surface area (TPSA) is 49.9 Å². The molecule has 0 fully saturated rings. The Hall–Kier alpha value is -1.15. The molecule has 0 aliphatic carbocycles. The molecule has 0 saturated carbocycles. The van der Waals surface area contributed by atoms with E-state index in [9.17, 15) is 17.6 Å². The van der Waals surface area contributed by atoms with Crippen LogP contribution in [0, 0.1) is 0 Å². The Morgan fingerprint density at radius 3 is 2.84 bits per heavy atom. The number of ether oxygens (including phenoxy) is 1. The van der Waals surface area contributed by atoms with Crippen molar-refractivity contribution < 1.29 is 22.3 Å². The van der Waals surface area contributed by atoms with Crippen LogP contribution < -0.4 is 5.32 Å². The van der Waals surface area contributed by atoms with E-state index in [2.05, 4.69) is 20.0 Å². The molecular weight excluding hydrogens is 266 g/mol. The molecule has 0 saturated heterocycles. The highest BCUT2D eigenvalue weighted by Crippen LogP contribution is 2.23. The average molecular weight is 283 g/mol. The summed E-state index contributed by atoms with van der Waals surface area (Å²) in [5.74, 6) is -3.80. The highest BCUT2D eigenvalue weighted by molar-refractivity contribution is 5.00. The van der Waals surface area contributed by atoms with Crippen molar-refractivity contribution in [3.8, 4) is 0 Å². The molecule has 19 heavy (non-hydrogen) atoms. The Kier molecular flexibility index (Phi) is 6.23. The molecule has 0 radical (unpaired) electrons. The van der Waals surface area contributed by atoms with Gasteiger partial charge in [-0.05, 0) is 13.0 Å². The van der Waals surface area contributed by atoms with Crippen LogP contribution in [-0.4, -0.2) is 35.5 Å². The predicted octanol–water partition coefficient (Wildman–Crippen LogP) is 2.33. The molecule has 0 amide bonds. The van der Waals surface area contributed by atoms with Crippen LogP contribution in [0.2, 0.25) is 0 Å². The first-order chi connectivity index (χ1) is 8.95. The molecule has 110 valence electrons. The summed E-state index contributed by atoms with van der Waals surface area (Å²) in [5, 5.41) is 3.13. The fourth-order valence-corrected chi connectivity index (χ4v) is 1.32. The Bertz CT molecular complexity index is 371. The fraction of sp³-hybridized carbons (Fsp3) is 0.727. The van der Waals surface area contributed by atoms with Crippen LogP contribution in [0.1, 0.15) is 24.9 Å². The van der Waals surface area contributed by atoms with E-state index in [-0.39, 0.29) is 6.61 Å². The van der Waals surface area contributed by atoms with Crippen molar-refractivity contribution in [3.05, 3.63) is 17.7 Å². The third-order valence-corrected chi connectivity index (χ3v) is 2.28. The molecule has 0 aromatic carbocycles. The lowest BCUT2D eigenvalue weighted by molar-refractivity contribution is -0.168. The van der Waals surface area contributed by atoms with Crippen LogP contribution in [0.5, 0.6) is 0 Å². The number of nitrogens with zero attached hydrogens (tertiary/aromatic N) is 1. The van der Waals surface area contributed by atoms with Gasteiger partial charge in [0.1, 0.15) is 19.0 Å². The molecule has 1 rings (SSSR count). The number of halogens is 4. The first kappa shape index (κ1) is 15.9. The van der Waals surface area contributed by atoms with Gasteiger partial charge in [-0.1, -0.05) is 6.92 Å². The second-order valence-electron chi connectivity index (χ2n) is 4.09. The van der Waals surface area contributed by atoms with Crippen molar-refractivity contribution in [2.45, 2.75) is 38.8 Å². The van der Waals surface area contributed by atoms with Gasteiger partial charge in [0, 0.05) is 18.4 Å². The summed E-state index contributed by atoms with van der Waals surface area (Å²) in [7, 11) is 0. The van der Waals surface area contributed by atoms with Gasteiger partial charge in [-0.3, -0.25) is 0 Å². The van der Waals surface area contributed by atoms with E-state index < -0.39 is 19.0 Å². The Balaban J connectivity index is 2.30. The van der Waals surface area contributed by atoms with Gasteiger partial charge >= 0.3 is 12.3 Å². The summed E-state index contributed by atoms with van der Waals surface area (Å²) in [5.41, 5.74) is 0.785.